The van der Waals surface area contributed by atoms with E-state index in [4.69, 9.17) is 0 Å². The van der Waals surface area contributed by atoms with Gasteiger partial charge in [0.15, 0.2) is 0 Å². The van der Waals surface area contributed by atoms with Crippen molar-refractivity contribution in [3.63, 3.8) is 0 Å². The van der Waals surface area contributed by atoms with E-state index >= 15 is 0 Å². The molecule has 22 heavy (non-hydrogen) atoms. The highest BCUT2D eigenvalue weighted by molar-refractivity contribution is 5.76. The fraction of sp³-hybridized carbons (Fsp3) is 0.333. The number of nitrogens with zero attached hydrogens (tertiary/aromatic N) is 1. The minimum Gasteiger partial charge on any atom is -0.356 e. The Bertz CT molecular complexity index is 591. The first-order chi connectivity index (χ1) is 10.4. The van der Waals surface area contributed by atoms with Crippen LogP contribution in [0, 0.1) is 0 Å². The predicted molar refractivity (Wildman–Crippen MR) is 75.1 cm³/mol. The molecule has 2 N–H and O–H groups in total. The van der Waals surface area contributed by atoms with E-state index in [1.807, 2.05) is 0 Å². The van der Waals surface area contributed by atoms with Gasteiger partial charge in [-0.1, -0.05) is 12.1 Å². The molecule has 0 aliphatic carbocycles. The van der Waals surface area contributed by atoms with Crippen molar-refractivity contribution in [2.75, 3.05) is 6.54 Å². The lowest BCUT2D eigenvalue weighted by molar-refractivity contribution is -0.137. The Morgan fingerprint density at radius 3 is 2.45 bits per heavy atom. The molecule has 0 spiro atoms. The summed E-state index contributed by atoms with van der Waals surface area (Å²) in [6, 6.07) is 6.76. The lowest BCUT2D eigenvalue weighted by Gasteiger charge is -2.08. The second kappa shape index (κ2) is 7.11. The van der Waals surface area contributed by atoms with Crippen LogP contribution in [-0.4, -0.2) is 22.6 Å². The number of aromatic amines is 1. The summed E-state index contributed by atoms with van der Waals surface area (Å²) in [7, 11) is 0. The van der Waals surface area contributed by atoms with E-state index in [2.05, 4.69) is 15.5 Å². The molecule has 0 saturated heterocycles. The number of nitrogens with one attached hydrogen (secondary N) is 2. The van der Waals surface area contributed by atoms with Gasteiger partial charge in [-0.05, 0) is 36.6 Å². The highest BCUT2D eigenvalue weighted by Crippen LogP contribution is 2.29. The SMILES string of the molecule is O=C(CCc1ccn[nH]1)NCCc1ccc(C(F)(F)F)cc1. The highest BCUT2D eigenvalue weighted by Gasteiger charge is 2.29. The van der Waals surface area contributed by atoms with Crippen molar-refractivity contribution in [3.8, 4) is 0 Å². The van der Waals surface area contributed by atoms with E-state index in [1.165, 1.54) is 12.1 Å². The number of carbonyl (C=O) groups excluding carboxylic acids is 1. The number of aromatic nitrogens is 2. The summed E-state index contributed by atoms with van der Waals surface area (Å²) in [4.78, 5) is 11.6. The minimum atomic E-state index is -4.32. The van der Waals surface area contributed by atoms with E-state index in [0.29, 0.717) is 25.8 Å². The number of hydrogen-bond acceptors (Lipinski definition) is 2. The zero-order valence-corrected chi connectivity index (χ0v) is 11.8. The van der Waals surface area contributed by atoms with Crippen LogP contribution in [0.2, 0.25) is 0 Å². The minimum absolute atomic E-state index is 0.0958. The second-order valence-corrected chi connectivity index (χ2v) is 4.88. The Balaban J connectivity index is 1.70. The molecular weight excluding hydrogens is 295 g/mol. The maximum atomic E-state index is 12.4. The number of rotatable bonds is 6. The molecule has 0 radical (unpaired) electrons. The van der Waals surface area contributed by atoms with Crippen LogP contribution < -0.4 is 5.32 Å². The average molecular weight is 311 g/mol. The Morgan fingerprint density at radius 1 is 1.14 bits per heavy atom. The molecule has 1 aromatic carbocycles. The maximum absolute atomic E-state index is 12.4. The molecule has 0 saturated carbocycles. The molecular formula is C15H16F3N3O. The lowest BCUT2D eigenvalue weighted by Crippen LogP contribution is -2.25. The van der Waals surface area contributed by atoms with E-state index in [0.717, 1.165) is 23.4 Å². The van der Waals surface area contributed by atoms with Crippen LogP contribution in [0.4, 0.5) is 13.2 Å². The quantitative estimate of drug-likeness (QED) is 0.862. The number of H-pyrrole nitrogens is 1. The predicted octanol–water partition coefficient (Wildman–Crippen LogP) is 2.72. The second-order valence-electron chi connectivity index (χ2n) is 4.88. The number of benzene rings is 1. The largest absolute Gasteiger partial charge is 0.416 e. The molecule has 4 nitrogen and oxygen atoms in total. The van der Waals surface area contributed by atoms with E-state index < -0.39 is 11.7 Å². The zero-order chi connectivity index (χ0) is 16.0. The lowest BCUT2D eigenvalue weighted by atomic mass is 10.1. The molecule has 0 atom stereocenters. The molecule has 118 valence electrons. The van der Waals surface area contributed by atoms with Crippen molar-refractivity contribution >= 4 is 5.91 Å². The summed E-state index contributed by atoms with van der Waals surface area (Å²) in [6.45, 7) is 0.396. The summed E-state index contributed by atoms with van der Waals surface area (Å²) >= 11 is 0. The fourth-order valence-corrected chi connectivity index (χ4v) is 1.97. The van der Waals surface area contributed by atoms with E-state index in [9.17, 15) is 18.0 Å². The van der Waals surface area contributed by atoms with Crippen LogP contribution in [0.15, 0.2) is 36.5 Å². The molecule has 0 fully saturated rings. The van der Waals surface area contributed by atoms with Gasteiger partial charge in [0.2, 0.25) is 5.91 Å². The highest BCUT2D eigenvalue weighted by atomic mass is 19.4. The molecule has 1 amide bonds. The van der Waals surface area contributed by atoms with Crippen LogP contribution in [0.1, 0.15) is 23.2 Å². The summed E-state index contributed by atoms with van der Waals surface area (Å²) in [5, 5.41) is 9.30. The van der Waals surface area contributed by atoms with Crippen molar-refractivity contribution in [1.82, 2.24) is 15.5 Å². The van der Waals surface area contributed by atoms with Gasteiger partial charge in [0.25, 0.3) is 0 Å². The topological polar surface area (TPSA) is 57.8 Å². The number of aryl methyl sites for hydroxylation is 1. The van der Waals surface area contributed by atoms with Gasteiger partial charge in [0.05, 0.1) is 5.56 Å². The van der Waals surface area contributed by atoms with Crippen molar-refractivity contribution in [2.24, 2.45) is 0 Å². The number of halogens is 3. The molecule has 0 aliphatic heterocycles. The van der Waals surface area contributed by atoms with Crippen LogP contribution in [0.5, 0.6) is 0 Å². The molecule has 1 heterocycles. The molecule has 2 rings (SSSR count). The molecule has 0 bridgehead atoms. The molecule has 1 aromatic heterocycles. The Morgan fingerprint density at radius 2 is 1.86 bits per heavy atom. The van der Waals surface area contributed by atoms with Gasteiger partial charge in [-0.2, -0.15) is 18.3 Å². The third kappa shape index (κ3) is 4.91. The van der Waals surface area contributed by atoms with Crippen molar-refractivity contribution in [1.29, 1.82) is 0 Å². The number of alkyl halides is 3. The van der Waals surface area contributed by atoms with E-state index in [-0.39, 0.29) is 5.91 Å². The first kappa shape index (κ1) is 16.1. The van der Waals surface area contributed by atoms with Crippen molar-refractivity contribution < 1.29 is 18.0 Å². The van der Waals surface area contributed by atoms with Gasteiger partial charge in [-0.3, -0.25) is 9.89 Å². The van der Waals surface area contributed by atoms with Gasteiger partial charge in [0.1, 0.15) is 0 Å². The average Bonchev–Trinajstić information content (AvgIpc) is 2.98. The Kier molecular flexibility index (Phi) is 5.19. The number of carbonyl (C=O) groups is 1. The first-order valence-electron chi connectivity index (χ1n) is 6.86. The molecule has 2 aromatic rings. The smallest absolute Gasteiger partial charge is 0.356 e. The fourth-order valence-electron chi connectivity index (χ4n) is 1.97. The monoisotopic (exact) mass is 311 g/mol. The van der Waals surface area contributed by atoms with Gasteiger partial charge < -0.3 is 5.32 Å². The van der Waals surface area contributed by atoms with Crippen LogP contribution in [0.25, 0.3) is 0 Å². The van der Waals surface area contributed by atoms with Gasteiger partial charge in [0, 0.05) is 24.9 Å². The first-order valence-corrected chi connectivity index (χ1v) is 6.86. The van der Waals surface area contributed by atoms with Crippen LogP contribution in [-0.2, 0) is 23.8 Å². The van der Waals surface area contributed by atoms with Gasteiger partial charge >= 0.3 is 6.18 Å². The van der Waals surface area contributed by atoms with Crippen molar-refractivity contribution in [2.45, 2.75) is 25.4 Å². The molecule has 0 aliphatic rings. The van der Waals surface area contributed by atoms with E-state index in [1.54, 1.807) is 12.3 Å². The number of amides is 1. The van der Waals surface area contributed by atoms with Crippen LogP contribution in [0.3, 0.4) is 0 Å². The molecule has 0 unspecified atom stereocenters. The Hall–Kier alpha value is -2.31. The standard InChI is InChI=1S/C15H16F3N3O/c16-15(17,18)12-3-1-11(2-4-12)7-9-19-14(22)6-5-13-8-10-20-21-13/h1-4,8,10H,5-7,9H2,(H,19,22)(H,20,21). The van der Waals surface area contributed by atoms with Gasteiger partial charge in [-0.15, -0.1) is 0 Å². The summed E-state index contributed by atoms with van der Waals surface area (Å²) in [6.07, 6.45) is -1.29. The van der Waals surface area contributed by atoms with Crippen LogP contribution >= 0.6 is 0 Å². The summed E-state index contributed by atoms with van der Waals surface area (Å²) in [5.41, 5.74) is 0.972. The van der Waals surface area contributed by atoms with Gasteiger partial charge in [-0.25, -0.2) is 0 Å². The maximum Gasteiger partial charge on any atom is 0.416 e. The number of hydrogen-bond donors (Lipinski definition) is 2. The normalized spacial score (nSPS) is 11.4. The third-order valence-electron chi connectivity index (χ3n) is 3.20. The van der Waals surface area contributed by atoms with Crippen molar-refractivity contribution in [3.05, 3.63) is 53.3 Å². The Labute approximate surface area is 125 Å². The zero-order valence-electron chi connectivity index (χ0n) is 11.8. The molecule has 7 heteroatoms. The summed E-state index contributed by atoms with van der Waals surface area (Å²) in [5.74, 6) is -0.0958. The summed E-state index contributed by atoms with van der Waals surface area (Å²) < 4.78 is 37.2. The third-order valence-corrected chi connectivity index (χ3v) is 3.20.